The lowest BCUT2D eigenvalue weighted by Crippen LogP contribution is -2.11. The number of halogens is 1. The summed E-state index contributed by atoms with van der Waals surface area (Å²) < 4.78 is 6.02. The minimum atomic E-state index is -0.507. The van der Waals surface area contributed by atoms with E-state index in [0.717, 1.165) is 0 Å². The first-order valence-corrected chi connectivity index (χ1v) is 6.24. The van der Waals surface area contributed by atoms with E-state index in [-0.39, 0.29) is 24.0 Å². The standard InChI is InChI=1S/C11H10BrN5O3/c12-7-1-2-10(9(5-7)17(18)19)20-6-8-3-4-14-11(15-8)16-13/h1-5H,6,13H2,(H,14,15,16). The molecule has 9 heteroatoms. The van der Waals surface area contributed by atoms with Crippen molar-refractivity contribution in [3.63, 3.8) is 0 Å². The first-order valence-electron chi connectivity index (χ1n) is 5.45. The number of hydrazine groups is 1. The molecule has 0 atom stereocenters. The fourth-order valence-electron chi connectivity index (χ4n) is 1.45. The van der Waals surface area contributed by atoms with Gasteiger partial charge in [0.25, 0.3) is 0 Å². The molecule has 0 aliphatic rings. The molecule has 1 aromatic carbocycles. The maximum atomic E-state index is 10.9. The highest BCUT2D eigenvalue weighted by Gasteiger charge is 2.15. The number of hydrogen-bond acceptors (Lipinski definition) is 7. The SMILES string of the molecule is NNc1nccc(COc2ccc(Br)cc2[N+](=O)[O-])n1. The summed E-state index contributed by atoms with van der Waals surface area (Å²) in [7, 11) is 0. The second kappa shape index (κ2) is 6.26. The molecular formula is C11H10BrN5O3. The predicted octanol–water partition coefficient (Wildman–Crippen LogP) is 2.01. The molecule has 20 heavy (non-hydrogen) atoms. The van der Waals surface area contributed by atoms with E-state index in [0.29, 0.717) is 10.2 Å². The summed E-state index contributed by atoms with van der Waals surface area (Å²) >= 11 is 3.18. The Hall–Kier alpha value is -2.26. The number of nitro groups is 1. The third-order valence-corrected chi connectivity index (χ3v) is 2.83. The average molecular weight is 340 g/mol. The van der Waals surface area contributed by atoms with Crippen LogP contribution in [0.5, 0.6) is 5.75 Å². The first kappa shape index (κ1) is 14.2. The van der Waals surface area contributed by atoms with Gasteiger partial charge in [0.05, 0.1) is 10.6 Å². The van der Waals surface area contributed by atoms with Crippen molar-refractivity contribution in [2.24, 2.45) is 5.84 Å². The molecule has 1 heterocycles. The summed E-state index contributed by atoms with van der Waals surface area (Å²) in [5.41, 5.74) is 2.74. The van der Waals surface area contributed by atoms with Crippen molar-refractivity contribution in [2.75, 3.05) is 5.43 Å². The van der Waals surface area contributed by atoms with Gasteiger partial charge in [-0.15, -0.1) is 0 Å². The number of aromatic nitrogens is 2. The van der Waals surface area contributed by atoms with Crippen LogP contribution in [0.4, 0.5) is 11.6 Å². The lowest BCUT2D eigenvalue weighted by molar-refractivity contribution is -0.386. The molecule has 0 fully saturated rings. The van der Waals surface area contributed by atoms with Crippen LogP contribution in [0.25, 0.3) is 0 Å². The zero-order valence-electron chi connectivity index (χ0n) is 10.1. The molecule has 3 N–H and O–H groups in total. The van der Waals surface area contributed by atoms with Crippen LogP contribution in [0.1, 0.15) is 5.69 Å². The highest BCUT2D eigenvalue weighted by Crippen LogP contribution is 2.30. The number of nitrogens with one attached hydrogen (secondary N) is 1. The van der Waals surface area contributed by atoms with Crippen molar-refractivity contribution in [1.29, 1.82) is 0 Å². The maximum Gasteiger partial charge on any atom is 0.312 e. The zero-order chi connectivity index (χ0) is 14.5. The van der Waals surface area contributed by atoms with E-state index >= 15 is 0 Å². The Morgan fingerprint density at radius 1 is 1.45 bits per heavy atom. The number of nitrogens with zero attached hydrogens (tertiary/aromatic N) is 3. The zero-order valence-corrected chi connectivity index (χ0v) is 11.7. The molecule has 8 nitrogen and oxygen atoms in total. The van der Waals surface area contributed by atoms with E-state index in [4.69, 9.17) is 10.6 Å². The number of hydrogen-bond donors (Lipinski definition) is 2. The second-order valence-electron chi connectivity index (χ2n) is 3.67. The van der Waals surface area contributed by atoms with Gasteiger partial charge in [-0.3, -0.25) is 15.5 Å². The van der Waals surface area contributed by atoms with E-state index in [1.165, 1.54) is 18.3 Å². The number of benzene rings is 1. The topological polar surface area (TPSA) is 116 Å². The van der Waals surface area contributed by atoms with Gasteiger partial charge in [-0.2, -0.15) is 0 Å². The summed E-state index contributed by atoms with van der Waals surface area (Å²) in [6.07, 6.45) is 1.51. The van der Waals surface area contributed by atoms with Crippen LogP contribution < -0.4 is 16.0 Å². The summed E-state index contributed by atoms with van der Waals surface area (Å²) in [5.74, 6) is 5.61. The number of nitrogen functional groups attached to an aromatic ring is 1. The van der Waals surface area contributed by atoms with Crippen molar-refractivity contribution in [3.8, 4) is 5.75 Å². The van der Waals surface area contributed by atoms with Gasteiger partial charge >= 0.3 is 5.69 Å². The Labute approximate surface area is 122 Å². The molecule has 0 amide bonds. The quantitative estimate of drug-likeness (QED) is 0.486. The smallest absolute Gasteiger partial charge is 0.312 e. The number of rotatable bonds is 5. The fourth-order valence-corrected chi connectivity index (χ4v) is 1.80. The van der Waals surface area contributed by atoms with Crippen LogP contribution in [-0.4, -0.2) is 14.9 Å². The molecule has 0 spiro atoms. The summed E-state index contributed by atoms with van der Waals surface area (Å²) in [5, 5.41) is 10.9. The van der Waals surface area contributed by atoms with Crippen LogP contribution in [0.3, 0.4) is 0 Å². The fraction of sp³-hybridized carbons (Fsp3) is 0.0909. The Balaban J connectivity index is 2.16. The Morgan fingerprint density at radius 2 is 2.25 bits per heavy atom. The lowest BCUT2D eigenvalue weighted by atomic mass is 10.3. The van der Waals surface area contributed by atoms with E-state index in [1.54, 1.807) is 12.1 Å². The van der Waals surface area contributed by atoms with Crippen LogP contribution >= 0.6 is 15.9 Å². The molecular weight excluding hydrogens is 330 g/mol. The van der Waals surface area contributed by atoms with Crippen LogP contribution in [0, 0.1) is 10.1 Å². The highest BCUT2D eigenvalue weighted by molar-refractivity contribution is 9.10. The van der Waals surface area contributed by atoms with Gasteiger partial charge in [0.15, 0.2) is 5.75 Å². The van der Waals surface area contributed by atoms with Crippen molar-refractivity contribution in [3.05, 3.63) is 50.7 Å². The van der Waals surface area contributed by atoms with E-state index < -0.39 is 4.92 Å². The Morgan fingerprint density at radius 3 is 2.95 bits per heavy atom. The third kappa shape index (κ3) is 3.39. The molecule has 104 valence electrons. The van der Waals surface area contributed by atoms with Gasteiger partial charge in [0.2, 0.25) is 5.95 Å². The Bertz CT molecular complexity index is 637. The van der Waals surface area contributed by atoms with Crippen molar-refractivity contribution >= 4 is 27.6 Å². The predicted molar refractivity (Wildman–Crippen MR) is 75.0 cm³/mol. The molecule has 2 aromatic rings. The molecule has 0 unspecified atom stereocenters. The monoisotopic (exact) mass is 339 g/mol. The number of anilines is 1. The number of nitrogens with two attached hydrogens (primary N) is 1. The van der Waals surface area contributed by atoms with Gasteiger partial charge in [-0.25, -0.2) is 15.8 Å². The maximum absolute atomic E-state index is 10.9. The highest BCUT2D eigenvalue weighted by atomic mass is 79.9. The second-order valence-corrected chi connectivity index (χ2v) is 4.59. The van der Waals surface area contributed by atoms with Crippen LogP contribution in [-0.2, 0) is 6.61 Å². The van der Waals surface area contributed by atoms with Gasteiger partial charge in [-0.1, -0.05) is 15.9 Å². The molecule has 0 saturated heterocycles. The third-order valence-electron chi connectivity index (χ3n) is 2.34. The Kier molecular flexibility index (Phi) is 4.43. The van der Waals surface area contributed by atoms with Crippen molar-refractivity contribution in [2.45, 2.75) is 6.61 Å². The minimum absolute atomic E-state index is 0.0691. The van der Waals surface area contributed by atoms with Crippen molar-refractivity contribution in [1.82, 2.24) is 9.97 Å². The molecule has 0 aliphatic carbocycles. The van der Waals surface area contributed by atoms with E-state index in [9.17, 15) is 10.1 Å². The van der Waals surface area contributed by atoms with Gasteiger partial charge in [0, 0.05) is 16.7 Å². The molecule has 0 radical (unpaired) electrons. The molecule has 2 rings (SSSR count). The summed E-state index contributed by atoms with van der Waals surface area (Å²) in [6.45, 7) is 0.0691. The molecule has 0 aliphatic heterocycles. The van der Waals surface area contributed by atoms with Gasteiger partial charge in [0.1, 0.15) is 6.61 Å². The van der Waals surface area contributed by atoms with Crippen LogP contribution in [0.15, 0.2) is 34.9 Å². The lowest BCUT2D eigenvalue weighted by Gasteiger charge is -2.07. The summed E-state index contributed by atoms with van der Waals surface area (Å²) in [6, 6.07) is 6.19. The van der Waals surface area contributed by atoms with Crippen LogP contribution in [0.2, 0.25) is 0 Å². The number of nitro benzene ring substituents is 1. The minimum Gasteiger partial charge on any atom is -0.480 e. The molecule has 1 aromatic heterocycles. The average Bonchev–Trinajstić information content (AvgIpc) is 2.46. The number of ether oxygens (including phenoxy) is 1. The summed E-state index contributed by atoms with van der Waals surface area (Å²) in [4.78, 5) is 18.3. The normalized spacial score (nSPS) is 10.1. The largest absolute Gasteiger partial charge is 0.480 e. The molecule has 0 bridgehead atoms. The first-order chi connectivity index (χ1) is 9.60. The van der Waals surface area contributed by atoms with E-state index in [2.05, 4.69) is 31.3 Å². The molecule has 0 saturated carbocycles. The van der Waals surface area contributed by atoms with Gasteiger partial charge in [-0.05, 0) is 18.2 Å². The van der Waals surface area contributed by atoms with Gasteiger partial charge < -0.3 is 4.74 Å². The van der Waals surface area contributed by atoms with Crippen molar-refractivity contribution < 1.29 is 9.66 Å². The van der Waals surface area contributed by atoms with E-state index in [1.807, 2.05) is 0 Å².